The molecule has 28 heavy (non-hydrogen) atoms. The van der Waals surface area contributed by atoms with Crippen molar-refractivity contribution in [3.05, 3.63) is 118 Å². The van der Waals surface area contributed by atoms with Crippen molar-refractivity contribution >= 4 is 0 Å². The lowest BCUT2D eigenvalue weighted by Gasteiger charge is -2.44. The number of aryl methyl sites for hydroxylation is 1. The summed E-state index contributed by atoms with van der Waals surface area (Å²) in [6.45, 7) is 2.14. The molecule has 132 valence electrons. The van der Waals surface area contributed by atoms with E-state index in [2.05, 4.69) is 85.8 Å². The molecule has 0 saturated carbocycles. The van der Waals surface area contributed by atoms with Crippen LogP contribution < -0.4 is 4.74 Å². The lowest BCUT2D eigenvalue weighted by Crippen LogP contribution is -2.36. The lowest BCUT2D eigenvalue weighted by atomic mass is 9.60. The van der Waals surface area contributed by atoms with Crippen LogP contribution in [0.2, 0.25) is 0 Å². The minimum Gasteiger partial charge on any atom is -0.457 e. The summed E-state index contributed by atoms with van der Waals surface area (Å²) in [5, 5.41) is 0. The quantitative estimate of drug-likeness (QED) is 0.306. The summed E-state index contributed by atoms with van der Waals surface area (Å²) in [6.07, 6.45) is 0.965. The third-order valence-electron chi connectivity index (χ3n) is 6.78. The molecule has 1 aliphatic heterocycles. The smallest absolute Gasteiger partial charge is 0.132 e. The van der Waals surface area contributed by atoms with Gasteiger partial charge in [0.15, 0.2) is 0 Å². The van der Waals surface area contributed by atoms with Crippen molar-refractivity contribution in [3.8, 4) is 22.6 Å². The van der Waals surface area contributed by atoms with Crippen molar-refractivity contribution in [1.82, 2.24) is 0 Å². The third-order valence-corrected chi connectivity index (χ3v) is 6.78. The van der Waals surface area contributed by atoms with Crippen molar-refractivity contribution in [1.29, 1.82) is 0 Å². The highest BCUT2D eigenvalue weighted by Gasteiger charge is 2.54. The summed E-state index contributed by atoms with van der Waals surface area (Å²) >= 11 is 0. The second-order valence-corrected chi connectivity index (χ2v) is 8.20. The molecule has 0 radical (unpaired) electrons. The minimum absolute atomic E-state index is 0.270. The third kappa shape index (κ3) is 1.49. The van der Waals surface area contributed by atoms with E-state index in [1.807, 2.05) is 0 Å². The molecule has 1 heterocycles. The van der Waals surface area contributed by atoms with Gasteiger partial charge in [-0.05, 0) is 64.4 Å². The van der Waals surface area contributed by atoms with Gasteiger partial charge in [0.05, 0.1) is 5.41 Å². The Morgan fingerprint density at radius 1 is 0.679 bits per heavy atom. The predicted octanol–water partition coefficient (Wildman–Crippen LogP) is 6.37. The second-order valence-electron chi connectivity index (χ2n) is 8.20. The standard InChI is InChI=1S/C27H18O/c1-16-12-13-22-24(14-16)28-23-11-5-7-18-15-17-6-4-9-20-19-8-2-3-10-21(19)27(22,25(17)20)26(18)23/h2-14H,15H2,1H3. The van der Waals surface area contributed by atoms with Crippen LogP contribution in [0.15, 0.2) is 78.9 Å². The first-order chi connectivity index (χ1) is 13.8. The molecule has 0 bridgehead atoms. The van der Waals surface area contributed by atoms with Gasteiger partial charge in [-0.3, -0.25) is 0 Å². The summed E-state index contributed by atoms with van der Waals surface area (Å²) in [6, 6.07) is 29.0. The molecule has 1 spiro atoms. The first-order valence-electron chi connectivity index (χ1n) is 9.92. The highest BCUT2D eigenvalue weighted by Crippen LogP contribution is 2.65. The van der Waals surface area contributed by atoms with E-state index in [9.17, 15) is 0 Å². The SMILES string of the molecule is Cc1ccc2c(c1)Oc1cccc3c1C21c2ccccc2-c2cccc(c21)C3. The lowest BCUT2D eigenvalue weighted by molar-refractivity contribution is 0.431. The number of hydrogen-bond donors (Lipinski definition) is 0. The average molecular weight is 358 g/mol. The van der Waals surface area contributed by atoms with Gasteiger partial charge in [-0.25, -0.2) is 0 Å². The van der Waals surface area contributed by atoms with Crippen LogP contribution in [0.1, 0.15) is 38.9 Å². The molecule has 0 N–H and O–H groups in total. The molecule has 2 aliphatic carbocycles. The fraction of sp³-hybridized carbons (Fsp3) is 0.111. The zero-order chi connectivity index (χ0) is 18.5. The number of rotatable bonds is 0. The zero-order valence-electron chi connectivity index (χ0n) is 15.6. The average Bonchev–Trinajstić information content (AvgIpc) is 3.01. The molecule has 7 rings (SSSR count). The molecular weight excluding hydrogens is 340 g/mol. The van der Waals surface area contributed by atoms with Crippen LogP contribution in [-0.4, -0.2) is 0 Å². The molecule has 0 aromatic heterocycles. The van der Waals surface area contributed by atoms with Gasteiger partial charge in [0.1, 0.15) is 11.5 Å². The Hall–Kier alpha value is -3.32. The van der Waals surface area contributed by atoms with Crippen LogP contribution in [0.4, 0.5) is 0 Å². The Balaban J connectivity index is 1.77. The van der Waals surface area contributed by atoms with Crippen LogP contribution in [0.5, 0.6) is 11.5 Å². The molecule has 0 fully saturated rings. The molecule has 1 nitrogen and oxygen atoms in total. The van der Waals surface area contributed by atoms with Crippen molar-refractivity contribution in [2.24, 2.45) is 0 Å². The Bertz CT molecular complexity index is 1330. The highest BCUT2D eigenvalue weighted by atomic mass is 16.5. The monoisotopic (exact) mass is 358 g/mol. The minimum atomic E-state index is -0.270. The van der Waals surface area contributed by atoms with E-state index >= 15 is 0 Å². The Kier molecular flexibility index (Phi) is 2.49. The summed E-state index contributed by atoms with van der Waals surface area (Å²) in [5.41, 5.74) is 12.0. The van der Waals surface area contributed by atoms with Gasteiger partial charge in [0.25, 0.3) is 0 Å². The van der Waals surface area contributed by atoms with E-state index < -0.39 is 0 Å². The van der Waals surface area contributed by atoms with E-state index in [0.29, 0.717) is 0 Å². The second kappa shape index (κ2) is 4.74. The predicted molar refractivity (Wildman–Crippen MR) is 111 cm³/mol. The molecule has 4 aromatic carbocycles. The number of benzene rings is 4. The van der Waals surface area contributed by atoms with Gasteiger partial charge in [0, 0.05) is 11.1 Å². The summed E-state index contributed by atoms with van der Waals surface area (Å²) < 4.78 is 6.49. The topological polar surface area (TPSA) is 9.23 Å². The maximum atomic E-state index is 6.49. The summed E-state index contributed by atoms with van der Waals surface area (Å²) in [5.74, 6) is 2.00. The van der Waals surface area contributed by atoms with Crippen LogP contribution in [-0.2, 0) is 11.8 Å². The normalized spacial score (nSPS) is 19.2. The highest BCUT2D eigenvalue weighted by molar-refractivity contribution is 5.91. The molecular formula is C27H18O. The molecule has 0 amide bonds. The van der Waals surface area contributed by atoms with E-state index in [4.69, 9.17) is 4.74 Å². The molecule has 3 aliphatic rings. The molecule has 1 atom stereocenters. The maximum Gasteiger partial charge on any atom is 0.132 e. The first-order valence-corrected chi connectivity index (χ1v) is 9.92. The molecule has 4 aromatic rings. The van der Waals surface area contributed by atoms with Crippen LogP contribution in [0.25, 0.3) is 11.1 Å². The van der Waals surface area contributed by atoms with E-state index in [1.54, 1.807) is 0 Å². The molecule has 1 unspecified atom stereocenters. The maximum absolute atomic E-state index is 6.49. The fourth-order valence-corrected chi connectivity index (χ4v) is 5.85. The van der Waals surface area contributed by atoms with E-state index in [1.165, 1.54) is 50.1 Å². The number of hydrogen-bond acceptors (Lipinski definition) is 1. The van der Waals surface area contributed by atoms with Crippen molar-refractivity contribution in [2.45, 2.75) is 18.8 Å². The summed E-state index contributed by atoms with van der Waals surface area (Å²) in [4.78, 5) is 0. The van der Waals surface area contributed by atoms with Gasteiger partial charge in [0.2, 0.25) is 0 Å². The zero-order valence-corrected chi connectivity index (χ0v) is 15.6. The van der Waals surface area contributed by atoms with Gasteiger partial charge < -0.3 is 4.74 Å². The van der Waals surface area contributed by atoms with Gasteiger partial charge in [-0.1, -0.05) is 66.7 Å². The first kappa shape index (κ1) is 14.7. The Morgan fingerprint density at radius 2 is 1.46 bits per heavy atom. The number of fused-ring (bicyclic) bond motifs is 3. The van der Waals surface area contributed by atoms with Crippen molar-refractivity contribution < 1.29 is 4.74 Å². The van der Waals surface area contributed by atoms with Crippen LogP contribution in [0.3, 0.4) is 0 Å². The Morgan fingerprint density at radius 3 is 2.39 bits per heavy atom. The van der Waals surface area contributed by atoms with E-state index in [-0.39, 0.29) is 5.41 Å². The van der Waals surface area contributed by atoms with Crippen LogP contribution >= 0.6 is 0 Å². The van der Waals surface area contributed by atoms with Gasteiger partial charge in [-0.15, -0.1) is 0 Å². The molecule has 1 heteroatoms. The Labute approximate surface area is 164 Å². The van der Waals surface area contributed by atoms with Gasteiger partial charge >= 0.3 is 0 Å². The molecule has 0 saturated heterocycles. The fourth-order valence-electron chi connectivity index (χ4n) is 5.85. The van der Waals surface area contributed by atoms with Gasteiger partial charge in [-0.2, -0.15) is 0 Å². The summed E-state index contributed by atoms with van der Waals surface area (Å²) in [7, 11) is 0. The van der Waals surface area contributed by atoms with Crippen molar-refractivity contribution in [3.63, 3.8) is 0 Å². The number of ether oxygens (including phenoxy) is 1. The van der Waals surface area contributed by atoms with Crippen molar-refractivity contribution in [2.75, 3.05) is 0 Å². The van der Waals surface area contributed by atoms with Crippen LogP contribution in [0, 0.1) is 6.92 Å². The largest absolute Gasteiger partial charge is 0.457 e. The van der Waals surface area contributed by atoms with E-state index in [0.717, 1.165) is 17.9 Å².